The van der Waals surface area contributed by atoms with Crippen molar-refractivity contribution in [2.24, 2.45) is 0 Å². The van der Waals surface area contributed by atoms with E-state index in [1.54, 1.807) is 0 Å². The molecule has 0 spiro atoms. The molecule has 0 aromatic carbocycles. The summed E-state index contributed by atoms with van der Waals surface area (Å²) in [6.07, 6.45) is 0.404. The van der Waals surface area contributed by atoms with Gasteiger partial charge in [0.25, 0.3) is 5.91 Å². The van der Waals surface area contributed by atoms with Gasteiger partial charge in [-0.3, -0.25) is 14.5 Å². The van der Waals surface area contributed by atoms with Crippen molar-refractivity contribution in [3.05, 3.63) is 20.8 Å². The van der Waals surface area contributed by atoms with Crippen molar-refractivity contribution in [2.45, 2.75) is 6.42 Å². The number of carbonyl (C=O) groups excluding carboxylic acids is 2. The summed E-state index contributed by atoms with van der Waals surface area (Å²) in [5, 5.41) is 1.91. The Morgan fingerprint density at radius 3 is 2.60 bits per heavy atom. The second-order valence-corrected chi connectivity index (χ2v) is 6.33. The molecule has 0 N–H and O–H groups in total. The Morgan fingerprint density at radius 2 is 2.05 bits per heavy atom. The minimum Gasteiger partial charge on any atom is -0.469 e. The molecule has 0 aliphatic carbocycles. The van der Waals surface area contributed by atoms with Crippen LogP contribution in [0, 0.1) is 0 Å². The minimum absolute atomic E-state index is 0.0829. The number of esters is 1. The number of methoxy groups -OCH3 is 1. The summed E-state index contributed by atoms with van der Waals surface area (Å²) in [4.78, 5) is 28.2. The van der Waals surface area contributed by atoms with Crippen LogP contribution in [-0.4, -0.2) is 61.5 Å². The van der Waals surface area contributed by atoms with Crippen LogP contribution < -0.4 is 0 Å². The Balaban J connectivity index is 1.81. The number of halogens is 1. The van der Waals surface area contributed by atoms with Crippen molar-refractivity contribution < 1.29 is 14.3 Å². The van der Waals surface area contributed by atoms with Gasteiger partial charge in [0, 0.05) is 37.2 Å². The Labute approximate surface area is 130 Å². The molecular formula is C13H17BrN2O3S. The number of hydrogen-bond donors (Lipinski definition) is 0. The van der Waals surface area contributed by atoms with Crippen molar-refractivity contribution >= 4 is 39.1 Å². The van der Waals surface area contributed by atoms with Gasteiger partial charge >= 0.3 is 5.97 Å². The van der Waals surface area contributed by atoms with E-state index in [0.717, 1.165) is 22.4 Å². The molecule has 7 heteroatoms. The molecule has 0 bridgehead atoms. The summed E-state index contributed by atoms with van der Waals surface area (Å²) >= 11 is 4.85. The van der Waals surface area contributed by atoms with Gasteiger partial charge in [0.15, 0.2) is 0 Å². The zero-order chi connectivity index (χ0) is 14.5. The van der Waals surface area contributed by atoms with Gasteiger partial charge in [-0.05, 0) is 27.4 Å². The van der Waals surface area contributed by atoms with E-state index in [2.05, 4.69) is 25.6 Å². The van der Waals surface area contributed by atoms with E-state index in [0.29, 0.717) is 26.1 Å². The number of thiophene rings is 1. The first-order valence-corrected chi connectivity index (χ1v) is 8.10. The molecule has 0 unspecified atom stereocenters. The standard InChI is InChI=1S/C13H17BrN2O3S/c1-19-11(17)2-4-15-5-7-16(8-6-15)13(18)12-10(14)3-9-20-12/h3,9H,2,4-8H2,1H3. The molecule has 2 rings (SSSR count). The van der Waals surface area contributed by atoms with Crippen LogP contribution in [0.1, 0.15) is 16.1 Å². The lowest BCUT2D eigenvalue weighted by atomic mass is 10.2. The minimum atomic E-state index is -0.189. The largest absolute Gasteiger partial charge is 0.469 e. The molecule has 1 amide bonds. The first-order chi connectivity index (χ1) is 9.61. The maximum atomic E-state index is 12.3. The predicted octanol–water partition coefficient (Wildman–Crippen LogP) is 1.83. The van der Waals surface area contributed by atoms with Gasteiger partial charge in [0.2, 0.25) is 0 Å². The number of ether oxygens (including phenoxy) is 1. The Bertz CT molecular complexity index is 484. The van der Waals surface area contributed by atoms with Crippen LogP contribution in [0.4, 0.5) is 0 Å². The van der Waals surface area contributed by atoms with Gasteiger partial charge in [0.05, 0.1) is 13.5 Å². The lowest BCUT2D eigenvalue weighted by Crippen LogP contribution is -2.49. The third-order valence-electron chi connectivity index (χ3n) is 3.33. The fraction of sp³-hybridized carbons (Fsp3) is 0.538. The smallest absolute Gasteiger partial charge is 0.306 e. The maximum absolute atomic E-state index is 12.3. The van der Waals surface area contributed by atoms with Crippen LogP contribution in [-0.2, 0) is 9.53 Å². The highest BCUT2D eigenvalue weighted by Crippen LogP contribution is 2.24. The van der Waals surface area contributed by atoms with Crippen LogP contribution in [0.15, 0.2) is 15.9 Å². The quantitative estimate of drug-likeness (QED) is 0.768. The SMILES string of the molecule is COC(=O)CCN1CCN(C(=O)c2sccc2Br)CC1. The van der Waals surface area contributed by atoms with Crippen LogP contribution in [0.2, 0.25) is 0 Å². The second-order valence-electron chi connectivity index (χ2n) is 4.56. The van der Waals surface area contributed by atoms with E-state index >= 15 is 0 Å². The fourth-order valence-corrected chi connectivity index (χ4v) is 3.62. The Hall–Kier alpha value is -0.920. The number of nitrogens with zero attached hydrogens (tertiary/aromatic N) is 2. The molecule has 1 aromatic heterocycles. The first-order valence-electron chi connectivity index (χ1n) is 6.43. The number of rotatable bonds is 4. The molecule has 1 aliphatic heterocycles. The lowest BCUT2D eigenvalue weighted by Gasteiger charge is -2.34. The van der Waals surface area contributed by atoms with Gasteiger partial charge in [-0.25, -0.2) is 0 Å². The van der Waals surface area contributed by atoms with Crippen molar-refractivity contribution in [2.75, 3.05) is 39.8 Å². The van der Waals surface area contributed by atoms with Crippen LogP contribution >= 0.6 is 27.3 Å². The molecule has 1 saturated heterocycles. The second kappa shape index (κ2) is 7.19. The summed E-state index contributed by atoms with van der Waals surface area (Å²) < 4.78 is 5.49. The number of carbonyl (C=O) groups is 2. The molecule has 1 aliphatic rings. The molecule has 2 heterocycles. The Kier molecular flexibility index (Phi) is 5.56. The van der Waals surface area contributed by atoms with E-state index in [4.69, 9.17) is 0 Å². The molecule has 0 saturated carbocycles. The van der Waals surface area contributed by atoms with Crippen molar-refractivity contribution in [1.82, 2.24) is 9.80 Å². The number of amides is 1. The van der Waals surface area contributed by atoms with Gasteiger partial charge in [-0.1, -0.05) is 0 Å². The van der Waals surface area contributed by atoms with E-state index in [-0.39, 0.29) is 11.9 Å². The van der Waals surface area contributed by atoms with Crippen molar-refractivity contribution in [1.29, 1.82) is 0 Å². The van der Waals surface area contributed by atoms with E-state index in [9.17, 15) is 9.59 Å². The molecular weight excluding hydrogens is 344 g/mol. The fourth-order valence-electron chi connectivity index (χ4n) is 2.12. The van der Waals surface area contributed by atoms with Gasteiger partial charge in [-0.2, -0.15) is 0 Å². The summed E-state index contributed by atoms with van der Waals surface area (Å²) in [6, 6.07) is 1.89. The van der Waals surface area contributed by atoms with Crippen LogP contribution in [0.25, 0.3) is 0 Å². The summed E-state index contributed by atoms with van der Waals surface area (Å²) in [5.41, 5.74) is 0. The third kappa shape index (κ3) is 3.80. The summed E-state index contributed by atoms with van der Waals surface area (Å²) in [6.45, 7) is 3.68. The molecule has 1 aromatic rings. The average Bonchev–Trinajstić information content (AvgIpc) is 2.90. The number of piperazine rings is 1. The lowest BCUT2D eigenvalue weighted by molar-refractivity contribution is -0.141. The molecule has 0 radical (unpaired) electrons. The van der Waals surface area contributed by atoms with E-state index in [1.165, 1.54) is 18.4 Å². The van der Waals surface area contributed by atoms with E-state index < -0.39 is 0 Å². The highest BCUT2D eigenvalue weighted by atomic mass is 79.9. The van der Waals surface area contributed by atoms with Gasteiger partial charge < -0.3 is 9.64 Å². The molecule has 5 nitrogen and oxygen atoms in total. The molecule has 1 fully saturated rings. The van der Waals surface area contributed by atoms with Gasteiger partial charge in [-0.15, -0.1) is 11.3 Å². The zero-order valence-electron chi connectivity index (χ0n) is 11.3. The monoisotopic (exact) mass is 360 g/mol. The maximum Gasteiger partial charge on any atom is 0.306 e. The number of hydrogen-bond acceptors (Lipinski definition) is 5. The normalized spacial score (nSPS) is 16.2. The summed E-state index contributed by atoms with van der Waals surface area (Å²) in [5.74, 6) is -0.106. The summed E-state index contributed by atoms with van der Waals surface area (Å²) in [7, 11) is 1.40. The van der Waals surface area contributed by atoms with Gasteiger partial charge in [0.1, 0.15) is 4.88 Å². The van der Waals surface area contributed by atoms with Crippen LogP contribution in [0.5, 0.6) is 0 Å². The predicted molar refractivity (Wildman–Crippen MR) is 81.0 cm³/mol. The molecule has 20 heavy (non-hydrogen) atoms. The Morgan fingerprint density at radius 1 is 1.35 bits per heavy atom. The first kappa shape index (κ1) is 15.5. The topological polar surface area (TPSA) is 49.9 Å². The highest BCUT2D eigenvalue weighted by molar-refractivity contribution is 9.10. The zero-order valence-corrected chi connectivity index (χ0v) is 13.7. The van der Waals surface area contributed by atoms with Crippen LogP contribution in [0.3, 0.4) is 0 Å². The van der Waals surface area contributed by atoms with Crippen molar-refractivity contribution in [3.63, 3.8) is 0 Å². The molecule has 110 valence electrons. The third-order valence-corrected chi connectivity index (χ3v) is 5.16. The molecule has 0 atom stereocenters. The average molecular weight is 361 g/mol. The van der Waals surface area contributed by atoms with Crippen molar-refractivity contribution in [3.8, 4) is 0 Å². The highest BCUT2D eigenvalue weighted by Gasteiger charge is 2.24. The van der Waals surface area contributed by atoms with E-state index in [1.807, 2.05) is 16.3 Å².